The van der Waals surface area contributed by atoms with E-state index in [0.717, 1.165) is 0 Å². The second-order valence-corrected chi connectivity index (χ2v) is 3.39. The third-order valence-corrected chi connectivity index (χ3v) is 3.35. The predicted octanol–water partition coefficient (Wildman–Crippen LogP) is 1.87. The molecule has 0 aliphatic heterocycles. The van der Waals surface area contributed by atoms with Crippen molar-refractivity contribution in [3.05, 3.63) is 12.2 Å². The summed E-state index contributed by atoms with van der Waals surface area (Å²) < 4.78 is 4.45. The van der Waals surface area contributed by atoms with E-state index in [2.05, 4.69) is 43.2 Å². The highest BCUT2D eigenvalue weighted by Crippen LogP contribution is 2.13. The van der Waals surface area contributed by atoms with E-state index in [1.54, 1.807) is 0 Å². The zero-order valence-electron chi connectivity index (χ0n) is 5.56. The maximum atomic E-state index is 10.7. The maximum Gasteiger partial charge on any atom is 0.334 e. The van der Waals surface area contributed by atoms with E-state index < -0.39 is 0 Å². The van der Waals surface area contributed by atoms with E-state index in [4.69, 9.17) is 0 Å². The highest BCUT2D eigenvalue weighted by atomic mass is 79.9. The van der Waals surface area contributed by atoms with Gasteiger partial charge in [-0.2, -0.15) is 0 Å². The van der Waals surface area contributed by atoms with E-state index in [1.165, 1.54) is 7.11 Å². The van der Waals surface area contributed by atoms with Gasteiger partial charge in [0.15, 0.2) is 0 Å². The molecule has 1 atom stereocenters. The molecule has 0 amide bonds. The van der Waals surface area contributed by atoms with Gasteiger partial charge < -0.3 is 4.74 Å². The molecule has 10 heavy (non-hydrogen) atoms. The van der Waals surface area contributed by atoms with Gasteiger partial charge in [0.1, 0.15) is 0 Å². The quantitative estimate of drug-likeness (QED) is 0.445. The van der Waals surface area contributed by atoms with Crippen LogP contribution in [0.25, 0.3) is 0 Å². The van der Waals surface area contributed by atoms with Crippen LogP contribution < -0.4 is 0 Å². The largest absolute Gasteiger partial charge is 0.466 e. The Hall–Kier alpha value is 0.170. The number of hydrogen-bond donors (Lipinski definition) is 0. The number of halogens is 2. The molecule has 0 saturated carbocycles. The number of rotatable bonds is 3. The molecule has 1 unspecified atom stereocenters. The Balaban J connectivity index is 3.95. The number of carbonyl (C=O) groups excluding carboxylic acids is 1. The molecule has 2 nitrogen and oxygen atoms in total. The molecule has 0 aromatic heterocycles. The Morgan fingerprint density at radius 2 is 2.30 bits per heavy atom. The molecule has 0 spiro atoms. The molecule has 0 heterocycles. The second-order valence-electron chi connectivity index (χ2n) is 1.64. The van der Waals surface area contributed by atoms with Crippen LogP contribution in [-0.4, -0.2) is 23.2 Å². The Kier molecular flexibility index (Phi) is 4.99. The highest BCUT2D eigenvalue weighted by Gasteiger charge is 2.14. The van der Waals surface area contributed by atoms with Gasteiger partial charge in [0.2, 0.25) is 0 Å². The molecule has 4 heteroatoms. The van der Waals surface area contributed by atoms with Gasteiger partial charge in [0.25, 0.3) is 0 Å². The van der Waals surface area contributed by atoms with Gasteiger partial charge in [0.05, 0.1) is 11.9 Å². The standard InChI is InChI=1S/C6H8Br2O2/c1-4(5(8)3-7)6(9)10-2/h5H,1,3H2,2H3. The molecule has 0 bridgehead atoms. The van der Waals surface area contributed by atoms with Crippen LogP contribution in [0.1, 0.15) is 0 Å². The molecule has 0 aliphatic rings. The van der Waals surface area contributed by atoms with Gasteiger partial charge in [-0.05, 0) is 0 Å². The molecule has 0 aromatic carbocycles. The predicted molar refractivity (Wildman–Crippen MR) is 47.7 cm³/mol. The van der Waals surface area contributed by atoms with Crippen LogP contribution in [0.15, 0.2) is 12.2 Å². The topological polar surface area (TPSA) is 26.3 Å². The van der Waals surface area contributed by atoms with Crippen molar-refractivity contribution in [3.8, 4) is 0 Å². The fourth-order valence-corrected chi connectivity index (χ4v) is 0.930. The summed E-state index contributed by atoms with van der Waals surface area (Å²) in [4.78, 5) is 10.7. The zero-order valence-corrected chi connectivity index (χ0v) is 8.74. The van der Waals surface area contributed by atoms with Crippen molar-refractivity contribution < 1.29 is 9.53 Å². The normalized spacial score (nSPS) is 12.3. The number of carbonyl (C=O) groups is 1. The monoisotopic (exact) mass is 270 g/mol. The van der Waals surface area contributed by atoms with Crippen molar-refractivity contribution in [2.24, 2.45) is 0 Å². The second kappa shape index (κ2) is 4.91. The lowest BCUT2D eigenvalue weighted by Gasteiger charge is -2.06. The first-order valence-electron chi connectivity index (χ1n) is 2.60. The van der Waals surface area contributed by atoms with Crippen LogP contribution in [0, 0.1) is 0 Å². The molecular formula is C6H8Br2O2. The van der Waals surface area contributed by atoms with Crippen LogP contribution in [0.2, 0.25) is 0 Å². The van der Waals surface area contributed by atoms with Gasteiger partial charge in [-0.15, -0.1) is 0 Å². The van der Waals surface area contributed by atoms with Crippen molar-refractivity contribution >= 4 is 37.8 Å². The molecule has 0 rings (SSSR count). The first kappa shape index (κ1) is 10.2. The number of hydrogen-bond acceptors (Lipinski definition) is 2. The van der Waals surface area contributed by atoms with Crippen molar-refractivity contribution in [3.63, 3.8) is 0 Å². The van der Waals surface area contributed by atoms with Gasteiger partial charge in [-0.3, -0.25) is 0 Å². The molecule has 0 aliphatic carbocycles. The minimum Gasteiger partial charge on any atom is -0.466 e. The van der Waals surface area contributed by atoms with Gasteiger partial charge >= 0.3 is 5.97 Å². The van der Waals surface area contributed by atoms with Gasteiger partial charge in [-0.25, -0.2) is 4.79 Å². The highest BCUT2D eigenvalue weighted by molar-refractivity contribution is 9.12. The molecule has 58 valence electrons. The lowest BCUT2D eigenvalue weighted by atomic mass is 10.2. The molecular weight excluding hydrogens is 264 g/mol. The number of esters is 1. The Morgan fingerprint density at radius 1 is 1.80 bits per heavy atom. The van der Waals surface area contributed by atoms with E-state index >= 15 is 0 Å². The minimum absolute atomic E-state index is 0.0417. The van der Waals surface area contributed by atoms with Crippen LogP contribution in [0.5, 0.6) is 0 Å². The van der Waals surface area contributed by atoms with Crippen molar-refractivity contribution in [2.45, 2.75) is 4.83 Å². The molecule has 0 fully saturated rings. The van der Waals surface area contributed by atoms with E-state index in [9.17, 15) is 4.79 Å². The van der Waals surface area contributed by atoms with Crippen LogP contribution in [0.3, 0.4) is 0 Å². The third kappa shape index (κ3) is 2.84. The van der Waals surface area contributed by atoms with Crippen molar-refractivity contribution in [1.82, 2.24) is 0 Å². The first-order chi connectivity index (χ1) is 4.63. The van der Waals surface area contributed by atoms with E-state index in [-0.39, 0.29) is 10.8 Å². The number of alkyl halides is 2. The summed E-state index contributed by atoms with van der Waals surface area (Å²) in [7, 11) is 1.33. The lowest BCUT2D eigenvalue weighted by Crippen LogP contribution is -2.13. The summed E-state index contributed by atoms with van der Waals surface area (Å²) in [6.07, 6.45) is 0. The average molecular weight is 272 g/mol. The van der Waals surface area contributed by atoms with Crippen LogP contribution >= 0.6 is 31.9 Å². The van der Waals surface area contributed by atoms with Crippen LogP contribution in [-0.2, 0) is 9.53 Å². The average Bonchev–Trinajstić information content (AvgIpc) is 2.00. The summed E-state index contributed by atoms with van der Waals surface area (Å²) >= 11 is 6.43. The minimum atomic E-state index is -0.374. The molecule has 0 N–H and O–H groups in total. The Morgan fingerprint density at radius 3 is 2.60 bits per heavy atom. The Bertz CT molecular complexity index is 145. The SMILES string of the molecule is C=C(C(=O)OC)C(Br)CBr. The first-order valence-corrected chi connectivity index (χ1v) is 4.64. The van der Waals surface area contributed by atoms with Crippen molar-refractivity contribution in [1.29, 1.82) is 0 Å². The molecule has 0 aromatic rings. The molecule has 0 radical (unpaired) electrons. The molecule has 0 saturated heterocycles. The smallest absolute Gasteiger partial charge is 0.334 e. The van der Waals surface area contributed by atoms with Crippen molar-refractivity contribution in [2.75, 3.05) is 12.4 Å². The summed E-state index contributed by atoms with van der Waals surface area (Å²) in [6, 6.07) is 0. The maximum absolute atomic E-state index is 10.7. The van der Waals surface area contributed by atoms with E-state index in [0.29, 0.717) is 10.9 Å². The summed E-state index contributed by atoms with van der Waals surface area (Å²) in [5.74, 6) is -0.374. The summed E-state index contributed by atoms with van der Waals surface area (Å²) in [5, 5.41) is 0.654. The summed E-state index contributed by atoms with van der Waals surface area (Å²) in [6.45, 7) is 3.54. The van der Waals surface area contributed by atoms with E-state index in [1.807, 2.05) is 0 Å². The van der Waals surface area contributed by atoms with Gasteiger partial charge in [0, 0.05) is 10.9 Å². The zero-order chi connectivity index (χ0) is 8.15. The van der Waals surface area contributed by atoms with Crippen LogP contribution in [0.4, 0.5) is 0 Å². The fraction of sp³-hybridized carbons (Fsp3) is 0.500. The lowest BCUT2D eigenvalue weighted by molar-refractivity contribution is -0.136. The van der Waals surface area contributed by atoms with Gasteiger partial charge in [-0.1, -0.05) is 38.4 Å². The number of methoxy groups -OCH3 is 1. The summed E-state index contributed by atoms with van der Waals surface area (Å²) in [5.41, 5.74) is 0.430. The number of ether oxygens (including phenoxy) is 1. The third-order valence-electron chi connectivity index (χ3n) is 0.961. The Labute approximate surface area is 76.9 Å². The fourth-order valence-electron chi connectivity index (χ4n) is 0.352.